The molecule has 2 amide bonds. The molecular formula is C23H23N3O3. The van der Waals surface area contributed by atoms with Gasteiger partial charge in [0.05, 0.1) is 23.9 Å². The lowest BCUT2D eigenvalue weighted by atomic mass is 10.1. The predicted octanol–water partition coefficient (Wildman–Crippen LogP) is 4.52. The average Bonchev–Trinajstić information content (AvgIpc) is 2.71. The van der Waals surface area contributed by atoms with Crippen molar-refractivity contribution in [2.45, 2.75) is 20.8 Å². The lowest BCUT2D eigenvalue weighted by molar-refractivity contribution is 0.102. The maximum Gasteiger partial charge on any atom is 0.257 e. The Balaban J connectivity index is 1.80. The van der Waals surface area contributed by atoms with E-state index in [-0.39, 0.29) is 17.4 Å². The van der Waals surface area contributed by atoms with Crippen LogP contribution >= 0.6 is 0 Å². The number of aryl methyl sites for hydroxylation is 2. The summed E-state index contributed by atoms with van der Waals surface area (Å²) in [5, 5.41) is 5.69. The number of nitrogens with zero attached hydrogens (tertiary/aromatic N) is 1. The highest BCUT2D eigenvalue weighted by Crippen LogP contribution is 2.26. The minimum absolute atomic E-state index is 0.280. The molecule has 0 saturated carbocycles. The number of amides is 2. The fourth-order valence-electron chi connectivity index (χ4n) is 2.88. The summed E-state index contributed by atoms with van der Waals surface area (Å²) in [6.07, 6.45) is 2.86. The van der Waals surface area contributed by atoms with E-state index in [0.717, 1.165) is 22.4 Å². The Morgan fingerprint density at radius 2 is 1.52 bits per heavy atom. The number of ether oxygens (including phenoxy) is 1. The molecule has 0 aliphatic rings. The Labute approximate surface area is 169 Å². The summed E-state index contributed by atoms with van der Waals surface area (Å²) < 4.78 is 5.29. The van der Waals surface area contributed by atoms with Gasteiger partial charge in [0.2, 0.25) is 0 Å². The van der Waals surface area contributed by atoms with Gasteiger partial charge in [-0.2, -0.15) is 0 Å². The van der Waals surface area contributed by atoms with Crippen molar-refractivity contribution in [2.24, 2.45) is 0 Å². The Morgan fingerprint density at radius 3 is 2.17 bits per heavy atom. The van der Waals surface area contributed by atoms with Gasteiger partial charge in [-0.05, 0) is 61.7 Å². The highest BCUT2D eigenvalue weighted by Gasteiger charge is 2.14. The number of carbonyl (C=O) groups is 2. The number of methoxy groups -OCH3 is 1. The van der Waals surface area contributed by atoms with Crippen LogP contribution in [0.4, 0.5) is 11.4 Å². The Hall–Kier alpha value is -3.67. The molecule has 0 spiro atoms. The Kier molecular flexibility index (Phi) is 5.93. The molecule has 3 aromatic rings. The molecule has 0 atom stereocenters. The second-order valence-corrected chi connectivity index (χ2v) is 6.82. The molecule has 0 bridgehead atoms. The highest BCUT2D eigenvalue weighted by molar-refractivity contribution is 6.09. The smallest absolute Gasteiger partial charge is 0.257 e. The van der Waals surface area contributed by atoms with E-state index in [2.05, 4.69) is 15.6 Å². The summed E-state index contributed by atoms with van der Waals surface area (Å²) >= 11 is 0. The van der Waals surface area contributed by atoms with Crippen LogP contribution in [-0.4, -0.2) is 23.9 Å². The first-order valence-electron chi connectivity index (χ1n) is 9.17. The van der Waals surface area contributed by atoms with Crippen LogP contribution in [0.25, 0.3) is 0 Å². The summed E-state index contributed by atoms with van der Waals surface area (Å²) in [5.41, 5.74) is 4.94. The Bertz CT molecular complexity index is 1080. The first kappa shape index (κ1) is 20.1. The lowest BCUT2D eigenvalue weighted by Gasteiger charge is -2.12. The molecule has 6 heteroatoms. The third-order valence-corrected chi connectivity index (χ3v) is 4.72. The molecule has 6 nitrogen and oxygen atoms in total. The predicted molar refractivity (Wildman–Crippen MR) is 114 cm³/mol. The summed E-state index contributed by atoms with van der Waals surface area (Å²) in [7, 11) is 1.54. The van der Waals surface area contributed by atoms with E-state index in [1.54, 1.807) is 13.2 Å². The van der Waals surface area contributed by atoms with E-state index in [0.29, 0.717) is 17.0 Å². The topological polar surface area (TPSA) is 80.3 Å². The summed E-state index contributed by atoms with van der Waals surface area (Å²) in [6, 6.07) is 12.7. The number of rotatable bonds is 5. The zero-order chi connectivity index (χ0) is 21.0. The zero-order valence-corrected chi connectivity index (χ0v) is 16.9. The highest BCUT2D eigenvalue weighted by atomic mass is 16.5. The van der Waals surface area contributed by atoms with Gasteiger partial charge in [-0.1, -0.05) is 18.2 Å². The van der Waals surface area contributed by atoms with Gasteiger partial charge in [0, 0.05) is 18.1 Å². The van der Waals surface area contributed by atoms with Crippen LogP contribution in [0.15, 0.2) is 54.9 Å². The molecule has 0 unspecified atom stereocenters. The fraction of sp³-hybridized carbons (Fsp3) is 0.174. The molecular weight excluding hydrogens is 366 g/mol. The van der Waals surface area contributed by atoms with Crippen LogP contribution in [0.5, 0.6) is 5.75 Å². The molecule has 2 N–H and O–H groups in total. The molecule has 3 rings (SSSR count). The number of benzene rings is 2. The molecule has 0 fully saturated rings. The van der Waals surface area contributed by atoms with Crippen LogP contribution in [0.1, 0.15) is 37.4 Å². The second-order valence-electron chi connectivity index (χ2n) is 6.82. The van der Waals surface area contributed by atoms with Gasteiger partial charge >= 0.3 is 0 Å². The van der Waals surface area contributed by atoms with Crippen LogP contribution < -0.4 is 15.4 Å². The fourth-order valence-corrected chi connectivity index (χ4v) is 2.88. The first-order chi connectivity index (χ1) is 13.9. The average molecular weight is 389 g/mol. The van der Waals surface area contributed by atoms with Gasteiger partial charge in [0.1, 0.15) is 5.75 Å². The van der Waals surface area contributed by atoms with Gasteiger partial charge in [-0.15, -0.1) is 0 Å². The first-order valence-corrected chi connectivity index (χ1v) is 9.17. The van der Waals surface area contributed by atoms with Crippen molar-refractivity contribution >= 4 is 23.2 Å². The maximum absolute atomic E-state index is 12.7. The van der Waals surface area contributed by atoms with E-state index in [9.17, 15) is 9.59 Å². The van der Waals surface area contributed by atoms with E-state index in [4.69, 9.17) is 4.74 Å². The second kappa shape index (κ2) is 8.56. The number of carbonyl (C=O) groups excluding carboxylic acids is 2. The lowest BCUT2D eigenvalue weighted by Crippen LogP contribution is -2.17. The maximum atomic E-state index is 12.7. The number of pyridine rings is 1. The minimum atomic E-state index is -0.372. The number of aromatic nitrogens is 1. The molecule has 0 aliphatic carbocycles. The number of hydrogen-bond acceptors (Lipinski definition) is 4. The number of anilines is 2. The minimum Gasteiger partial charge on any atom is -0.495 e. The van der Waals surface area contributed by atoms with Gasteiger partial charge in [0.15, 0.2) is 0 Å². The third kappa shape index (κ3) is 4.60. The molecule has 1 aromatic heterocycles. The molecule has 0 aliphatic heterocycles. The van der Waals surface area contributed by atoms with Gasteiger partial charge < -0.3 is 15.4 Å². The summed E-state index contributed by atoms with van der Waals surface area (Å²) in [5.74, 6) is -0.141. The van der Waals surface area contributed by atoms with Crippen molar-refractivity contribution in [3.8, 4) is 5.75 Å². The van der Waals surface area contributed by atoms with E-state index < -0.39 is 0 Å². The summed E-state index contributed by atoms with van der Waals surface area (Å²) in [4.78, 5) is 29.4. The molecule has 0 saturated heterocycles. The van der Waals surface area contributed by atoms with Crippen molar-refractivity contribution in [3.63, 3.8) is 0 Å². The van der Waals surface area contributed by atoms with Crippen molar-refractivity contribution in [1.29, 1.82) is 0 Å². The van der Waals surface area contributed by atoms with Crippen molar-refractivity contribution in [3.05, 3.63) is 82.7 Å². The summed E-state index contributed by atoms with van der Waals surface area (Å²) in [6.45, 7) is 5.86. The SMILES string of the molecule is COc1ccc(C)cc1NC(=O)c1cncc(C(=O)Nc2cccc(C)c2C)c1. The largest absolute Gasteiger partial charge is 0.495 e. The van der Waals surface area contributed by atoms with Crippen LogP contribution in [0.2, 0.25) is 0 Å². The van der Waals surface area contributed by atoms with Crippen molar-refractivity contribution in [1.82, 2.24) is 4.98 Å². The standard InChI is InChI=1S/C23H23N3O3/c1-14-8-9-21(29-4)20(10-14)26-23(28)18-11-17(12-24-13-18)22(27)25-19-7-5-6-15(2)16(19)3/h5-13H,1-4H3,(H,25,27)(H,26,28). The number of nitrogens with one attached hydrogen (secondary N) is 2. The third-order valence-electron chi connectivity index (χ3n) is 4.72. The molecule has 2 aromatic carbocycles. The Morgan fingerprint density at radius 1 is 0.862 bits per heavy atom. The van der Waals surface area contributed by atoms with Crippen LogP contribution in [0, 0.1) is 20.8 Å². The zero-order valence-electron chi connectivity index (χ0n) is 16.9. The van der Waals surface area contributed by atoms with Crippen molar-refractivity contribution in [2.75, 3.05) is 17.7 Å². The quantitative estimate of drug-likeness (QED) is 0.672. The molecule has 148 valence electrons. The molecule has 0 radical (unpaired) electrons. The molecule has 29 heavy (non-hydrogen) atoms. The van der Waals surface area contributed by atoms with Gasteiger partial charge in [-0.25, -0.2) is 0 Å². The monoisotopic (exact) mass is 389 g/mol. The normalized spacial score (nSPS) is 10.3. The number of hydrogen-bond donors (Lipinski definition) is 2. The van der Waals surface area contributed by atoms with E-state index in [1.807, 2.05) is 51.1 Å². The van der Waals surface area contributed by atoms with Crippen molar-refractivity contribution < 1.29 is 14.3 Å². The molecule has 1 heterocycles. The van der Waals surface area contributed by atoms with Gasteiger partial charge in [0.25, 0.3) is 11.8 Å². The van der Waals surface area contributed by atoms with Crippen LogP contribution in [0.3, 0.4) is 0 Å². The van der Waals surface area contributed by atoms with E-state index >= 15 is 0 Å². The van der Waals surface area contributed by atoms with E-state index in [1.165, 1.54) is 18.5 Å². The van der Waals surface area contributed by atoms with Gasteiger partial charge in [-0.3, -0.25) is 14.6 Å². The van der Waals surface area contributed by atoms with Crippen LogP contribution in [-0.2, 0) is 0 Å².